The van der Waals surface area contributed by atoms with Crippen LogP contribution < -0.4 is 0 Å². The predicted molar refractivity (Wildman–Crippen MR) is 29.0 cm³/mol. The zero-order chi connectivity index (χ0) is 4.99. The normalized spacial score (nSPS) is 8.57. The van der Waals surface area contributed by atoms with Crippen LogP contribution in [0.2, 0.25) is 0 Å². The third kappa shape index (κ3) is 11.0. The fourth-order valence-electron chi connectivity index (χ4n) is 0.365. The molecule has 0 fully saturated rings. The minimum Gasteiger partial charge on any atom is -0.665 e. The monoisotopic (exact) mass is 175 g/mol. The smallest absolute Gasteiger partial charge is 0 e. The van der Waals surface area contributed by atoms with Crippen molar-refractivity contribution < 1.29 is 32.7 Å². The van der Waals surface area contributed by atoms with E-state index in [0.29, 0.717) is 0 Å². The van der Waals surface area contributed by atoms with Crippen LogP contribution >= 0.6 is 0 Å². The van der Waals surface area contributed by atoms with E-state index >= 15 is 0 Å². The van der Waals surface area contributed by atoms with E-state index in [1.165, 1.54) is 0 Å². The SMILES string of the molecule is C[N-]CC(C)C.[Y]. The summed E-state index contributed by atoms with van der Waals surface area (Å²) in [6.45, 7) is 5.32. The average molecular weight is 175 g/mol. The first-order valence-electron chi connectivity index (χ1n) is 2.33. The van der Waals surface area contributed by atoms with Crippen LogP contribution in [0.3, 0.4) is 0 Å². The van der Waals surface area contributed by atoms with E-state index in [4.69, 9.17) is 0 Å². The molecule has 0 aliphatic rings. The summed E-state index contributed by atoms with van der Waals surface area (Å²) in [5.41, 5.74) is 0. The summed E-state index contributed by atoms with van der Waals surface area (Å²) in [5.74, 6) is 0.731. The molecule has 0 rings (SSSR count). The number of hydrogen-bond donors (Lipinski definition) is 0. The molecule has 0 aromatic heterocycles. The molecule has 7 heavy (non-hydrogen) atoms. The largest absolute Gasteiger partial charge is 0.665 e. The van der Waals surface area contributed by atoms with Crippen molar-refractivity contribution in [2.45, 2.75) is 13.8 Å². The van der Waals surface area contributed by atoms with Gasteiger partial charge in [-0.3, -0.25) is 0 Å². The van der Waals surface area contributed by atoms with Crippen molar-refractivity contribution in [2.24, 2.45) is 5.92 Å². The maximum atomic E-state index is 3.94. The number of nitrogens with zero attached hydrogens (tertiary/aromatic N) is 1. The van der Waals surface area contributed by atoms with Crippen molar-refractivity contribution in [2.75, 3.05) is 13.6 Å². The van der Waals surface area contributed by atoms with Gasteiger partial charge in [-0.25, -0.2) is 0 Å². The summed E-state index contributed by atoms with van der Waals surface area (Å²) < 4.78 is 0. The molecule has 41 valence electrons. The topological polar surface area (TPSA) is 14.1 Å². The zero-order valence-electron chi connectivity index (χ0n) is 5.31. The molecule has 0 saturated carbocycles. The molecule has 0 N–H and O–H groups in total. The maximum absolute atomic E-state index is 3.94. The summed E-state index contributed by atoms with van der Waals surface area (Å²) in [6.07, 6.45) is 0. The van der Waals surface area contributed by atoms with Crippen LogP contribution in [0.25, 0.3) is 5.32 Å². The molecule has 0 heterocycles. The molecular formula is C5H12NY-. The van der Waals surface area contributed by atoms with Crippen LogP contribution in [-0.4, -0.2) is 13.6 Å². The molecule has 0 bridgehead atoms. The quantitative estimate of drug-likeness (QED) is 0.605. The molecule has 0 amide bonds. The Bertz CT molecular complexity index is 29.3. The molecule has 0 aliphatic heterocycles. The van der Waals surface area contributed by atoms with Gasteiger partial charge in [-0.1, -0.05) is 19.8 Å². The van der Waals surface area contributed by atoms with Crippen LogP contribution in [0, 0.1) is 5.92 Å². The van der Waals surface area contributed by atoms with Crippen LogP contribution in [0.4, 0.5) is 0 Å². The Morgan fingerprint density at radius 2 is 1.86 bits per heavy atom. The van der Waals surface area contributed by atoms with E-state index in [9.17, 15) is 0 Å². The van der Waals surface area contributed by atoms with Crippen LogP contribution in [0.1, 0.15) is 13.8 Å². The Hall–Kier alpha value is 1.06. The summed E-state index contributed by atoms with van der Waals surface area (Å²) in [4.78, 5) is 0. The summed E-state index contributed by atoms with van der Waals surface area (Å²) in [6, 6.07) is 0. The average Bonchev–Trinajstić information content (AvgIpc) is 1.35. The van der Waals surface area contributed by atoms with Crippen LogP contribution in [0.5, 0.6) is 0 Å². The van der Waals surface area contributed by atoms with Gasteiger partial charge in [-0.2, -0.15) is 7.05 Å². The van der Waals surface area contributed by atoms with Gasteiger partial charge in [0.25, 0.3) is 0 Å². The molecule has 0 aliphatic carbocycles. The standard InChI is InChI=1S/C5H12N.Y/c1-5(2)4-6-3;/h5H,4H2,1-3H3;/q-1;. The van der Waals surface area contributed by atoms with Crippen molar-refractivity contribution in [3.63, 3.8) is 0 Å². The van der Waals surface area contributed by atoms with E-state index in [1.54, 1.807) is 0 Å². The van der Waals surface area contributed by atoms with Crippen molar-refractivity contribution in [3.05, 3.63) is 5.32 Å². The van der Waals surface area contributed by atoms with E-state index < -0.39 is 0 Å². The zero-order valence-corrected chi connectivity index (χ0v) is 8.15. The second-order valence-corrected chi connectivity index (χ2v) is 1.89. The molecule has 0 atom stereocenters. The molecule has 0 unspecified atom stereocenters. The first-order chi connectivity index (χ1) is 2.77. The molecule has 0 aromatic rings. The van der Waals surface area contributed by atoms with Gasteiger partial charge in [0.1, 0.15) is 0 Å². The van der Waals surface area contributed by atoms with E-state index in [1.807, 2.05) is 7.05 Å². The van der Waals surface area contributed by atoms with E-state index in [2.05, 4.69) is 19.2 Å². The van der Waals surface area contributed by atoms with Crippen molar-refractivity contribution >= 4 is 0 Å². The van der Waals surface area contributed by atoms with E-state index in [0.717, 1.165) is 12.5 Å². The fourth-order valence-corrected chi connectivity index (χ4v) is 0.365. The minimum atomic E-state index is 0. The molecule has 1 nitrogen and oxygen atoms in total. The Morgan fingerprint density at radius 3 is 1.86 bits per heavy atom. The molecule has 2 heteroatoms. The third-order valence-electron chi connectivity index (χ3n) is 0.548. The second-order valence-electron chi connectivity index (χ2n) is 1.89. The van der Waals surface area contributed by atoms with Gasteiger partial charge >= 0.3 is 0 Å². The first-order valence-corrected chi connectivity index (χ1v) is 2.33. The van der Waals surface area contributed by atoms with Crippen LogP contribution in [-0.2, 0) is 32.7 Å². The van der Waals surface area contributed by atoms with Gasteiger partial charge < -0.3 is 5.32 Å². The second kappa shape index (κ2) is 7.06. The van der Waals surface area contributed by atoms with E-state index in [-0.39, 0.29) is 32.7 Å². The van der Waals surface area contributed by atoms with Crippen molar-refractivity contribution in [1.29, 1.82) is 0 Å². The summed E-state index contributed by atoms with van der Waals surface area (Å²) in [7, 11) is 1.85. The third-order valence-corrected chi connectivity index (χ3v) is 0.548. The number of hydrogen-bond acceptors (Lipinski definition) is 0. The maximum Gasteiger partial charge on any atom is 0 e. The summed E-state index contributed by atoms with van der Waals surface area (Å²) in [5, 5.41) is 3.94. The molecule has 1 radical (unpaired) electrons. The Balaban J connectivity index is 0. The molecular weight excluding hydrogens is 163 g/mol. The molecule has 0 saturated heterocycles. The van der Waals surface area contributed by atoms with Gasteiger partial charge in [0.15, 0.2) is 0 Å². The molecule has 0 aromatic carbocycles. The first kappa shape index (κ1) is 10.9. The predicted octanol–water partition coefficient (Wildman–Crippen LogP) is 1.64. The van der Waals surface area contributed by atoms with Crippen LogP contribution in [0.15, 0.2) is 0 Å². The Kier molecular flexibility index (Phi) is 11.0. The Labute approximate surface area is 71.1 Å². The van der Waals surface area contributed by atoms with Gasteiger partial charge in [-0.05, 0) is 0 Å². The Morgan fingerprint density at radius 1 is 1.43 bits per heavy atom. The minimum absolute atomic E-state index is 0. The van der Waals surface area contributed by atoms with Gasteiger partial charge in [0.05, 0.1) is 0 Å². The van der Waals surface area contributed by atoms with Gasteiger partial charge in [0.2, 0.25) is 0 Å². The van der Waals surface area contributed by atoms with Gasteiger partial charge in [-0.15, -0.1) is 6.54 Å². The van der Waals surface area contributed by atoms with Crippen molar-refractivity contribution in [3.8, 4) is 0 Å². The summed E-state index contributed by atoms with van der Waals surface area (Å²) >= 11 is 0. The fraction of sp³-hybridized carbons (Fsp3) is 1.00. The van der Waals surface area contributed by atoms with Gasteiger partial charge in [0, 0.05) is 32.7 Å². The van der Waals surface area contributed by atoms with Crippen molar-refractivity contribution in [1.82, 2.24) is 0 Å². The number of rotatable bonds is 2. The molecule has 0 spiro atoms.